The van der Waals surface area contributed by atoms with E-state index in [1.54, 1.807) is 7.05 Å². The van der Waals surface area contributed by atoms with Crippen LogP contribution in [0.1, 0.15) is 0 Å². The summed E-state index contributed by atoms with van der Waals surface area (Å²) in [7, 11) is 1.72. The topological polar surface area (TPSA) is 70.7 Å². The molecule has 0 amide bonds. The van der Waals surface area contributed by atoms with Gasteiger partial charge < -0.3 is 5.32 Å². The minimum Gasteiger partial charge on any atom is -0.369 e. The summed E-state index contributed by atoms with van der Waals surface area (Å²) in [6.45, 7) is 0. The molecule has 0 aliphatic rings. The fraction of sp³-hybridized carbons (Fsp3) is 0.400. The number of nitrogens with zero attached hydrogens (tertiary/aromatic N) is 2. The molecule has 0 aromatic carbocycles. The van der Waals surface area contributed by atoms with Crippen LogP contribution < -0.4 is 11.0 Å². The number of hydrogen-bond acceptors (Lipinski definition) is 5. The lowest BCUT2D eigenvalue weighted by Gasteiger charge is -2.00. The zero-order chi connectivity index (χ0) is 8.27. The smallest absolute Gasteiger partial charge is 0.362 e. The van der Waals surface area contributed by atoms with Crippen molar-refractivity contribution in [3.63, 3.8) is 0 Å². The first-order chi connectivity index (χ1) is 5.27. The highest BCUT2D eigenvalue weighted by Crippen LogP contribution is 2.16. The SMILES string of the molecule is CNc1n[nH]c(=O)nc1SC. The lowest BCUT2D eigenvalue weighted by atomic mass is 10.7. The lowest BCUT2D eigenvalue weighted by Crippen LogP contribution is -2.14. The number of aromatic nitrogens is 3. The molecule has 6 heteroatoms. The van der Waals surface area contributed by atoms with Crippen molar-refractivity contribution in [3.8, 4) is 0 Å². The van der Waals surface area contributed by atoms with Crippen LogP contribution in [0.4, 0.5) is 5.82 Å². The van der Waals surface area contributed by atoms with Crippen LogP contribution >= 0.6 is 11.8 Å². The van der Waals surface area contributed by atoms with E-state index in [-0.39, 0.29) is 0 Å². The fourth-order valence-corrected chi connectivity index (χ4v) is 1.14. The van der Waals surface area contributed by atoms with Crippen LogP contribution in [0, 0.1) is 0 Å². The molecule has 1 aromatic heterocycles. The number of anilines is 1. The molecule has 0 atom stereocenters. The molecule has 11 heavy (non-hydrogen) atoms. The molecule has 0 saturated carbocycles. The van der Waals surface area contributed by atoms with Gasteiger partial charge >= 0.3 is 5.69 Å². The summed E-state index contributed by atoms with van der Waals surface area (Å²) in [5, 5.41) is 9.39. The molecule has 1 rings (SSSR count). The molecule has 0 fully saturated rings. The number of hydrogen-bond donors (Lipinski definition) is 2. The molecular formula is C5H8N4OS. The molecule has 0 saturated heterocycles. The average Bonchev–Trinajstić information content (AvgIpc) is 2.04. The van der Waals surface area contributed by atoms with Gasteiger partial charge in [-0.1, -0.05) is 0 Å². The number of H-pyrrole nitrogens is 1. The van der Waals surface area contributed by atoms with E-state index in [2.05, 4.69) is 20.5 Å². The van der Waals surface area contributed by atoms with Crippen LogP contribution in [0.5, 0.6) is 0 Å². The largest absolute Gasteiger partial charge is 0.369 e. The van der Waals surface area contributed by atoms with Crippen molar-refractivity contribution in [2.24, 2.45) is 0 Å². The predicted molar refractivity (Wildman–Crippen MR) is 44.0 cm³/mol. The monoisotopic (exact) mass is 172 g/mol. The molecule has 1 aromatic rings. The van der Waals surface area contributed by atoms with Gasteiger partial charge in [0.2, 0.25) is 0 Å². The Hall–Kier alpha value is -1.04. The molecule has 2 N–H and O–H groups in total. The van der Waals surface area contributed by atoms with Gasteiger partial charge in [-0.15, -0.1) is 11.8 Å². The summed E-state index contributed by atoms with van der Waals surface area (Å²) in [5.41, 5.74) is -0.423. The zero-order valence-electron chi connectivity index (χ0n) is 6.21. The maximum atomic E-state index is 10.6. The van der Waals surface area contributed by atoms with E-state index in [0.717, 1.165) is 0 Å². The molecule has 0 radical (unpaired) electrons. The Balaban J connectivity index is 3.16. The number of aromatic amines is 1. The van der Waals surface area contributed by atoms with Crippen LogP contribution in [0.25, 0.3) is 0 Å². The van der Waals surface area contributed by atoms with Crippen LogP contribution in [-0.4, -0.2) is 28.5 Å². The maximum absolute atomic E-state index is 10.6. The minimum atomic E-state index is -0.423. The zero-order valence-corrected chi connectivity index (χ0v) is 7.03. The van der Waals surface area contributed by atoms with E-state index in [1.807, 2.05) is 6.26 Å². The van der Waals surface area contributed by atoms with Crippen molar-refractivity contribution in [2.45, 2.75) is 5.03 Å². The van der Waals surface area contributed by atoms with Crippen molar-refractivity contribution in [3.05, 3.63) is 10.5 Å². The third kappa shape index (κ3) is 1.70. The van der Waals surface area contributed by atoms with Crippen molar-refractivity contribution < 1.29 is 0 Å². The van der Waals surface area contributed by atoms with Gasteiger partial charge in [-0.05, 0) is 6.26 Å². The summed E-state index contributed by atoms with van der Waals surface area (Å²) < 4.78 is 0. The first kappa shape index (κ1) is 8.06. The Labute approximate surface area is 67.6 Å². The van der Waals surface area contributed by atoms with Crippen molar-refractivity contribution in [1.29, 1.82) is 0 Å². The maximum Gasteiger partial charge on any atom is 0.362 e. The Bertz CT molecular complexity index is 297. The summed E-state index contributed by atoms with van der Waals surface area (Å²) in [5.74, 6) is 0.595. The summed E-state index contributed by atoms with van der Waals surface area (Å²) >= 11 is 1.38. The molecule has 0 aliphatic heterocycles. The second-order valence-corrected chi connectivity index (χ2v) is 2.54. The first-order valence-corrected chi connectivity index (χ1v) is 4.19. The van der Waals surface area contributed by atoms with Crippen LogP contribution in [0.15, 0.2) is 9.82 Å². The predicted octanol–water partition coefficient (Wildman–Crippen LogP) is -0.0715. The van der Waals surface area contributed by atoms with Gasteiger partial charge in [-0.3, -0.25) is 0 Å². The average molecular weight is 172 g/mol. The second kappa shape index (κ2) is 3.38. The third-order valence-corrected chi connectivity index (χ3v) is 1.77. The summed E-state index contributed by atoms with van der Waals surface area (Å²) in [6.07, 6.45) is 1.84. The van der Waals surface area contributed by atoms with Gasteiger partial charge in [0, 0.05) is 7.05 Å². The molecule has 1 heterocycles. The molecule has 60 valence electrons. The highest BCUT2D eigenvalue weighted by Gasteiger charge is 2.01. The van der Waals surface area contributed by atoms with Gasteiger partial charge in [-0.2, -0.15) is 10.1 Å². The molecule has 0 bridgehead atoms. The Morgan fingerprint density at radius 1 is 1.64 bits per heavy atom. The highest BCUT2D eigenvalue weighted by molar-refractivity contribution is 7.98. The number of thioether (sulfide) groups is 1. The second-order valence-electron chi connectivity index (χ2n) is 1.75. The van der Waals surface area contributed by atoms with E-state index in [0.29, 0.717) is 10.8 Å². The van der Waals surface area contributed by atoms with Crippen molar-refractivity contribution in [2.75, 3.05) is 18.6 Å². The van der Waals surface area contributed by atoms with E-state index in [4.69, 9.17) is 0 Å². The Kier molecular flexibility index (Phi) is 2.48. The standard InChI is InChI=1S/C5H8N4OS/c1-6-3-4(11-2)7-5(10)9-8-3/h1-2H3,(H,6,8)(H,7,9,10). The van der Waals surface area contributed by atoms with Crippen LogP contribution in [0.2, 0.25) is 0 Å². The Morgan fingerprint density at radius 3 is 2.91 bits per heavy atom. The van der Waals surface area contributed by atoms with E-state index < -0.39 is 5.69 Å². The molecule has 5 nitrogen and oxygen atoms in total. The van der Waals surface area contributed by atoms with E-state index >= 15 is 0 Å². The van der Waals surface area contributed by atoms with E-state index in [9.17, 15) is 4.79 Å². The molecular weight excluding hydrogens is 164 g/mol. The van der Waals surface area contributed by atoms with Crippen LogP contribution in [-0.2, 0) is 0 Å². The van der Waals surface area contributed by atoms with Gasteiger partial charge in [0.15, 0.2) is 5.82 Å². The molecule has 0 aliphatic carbocycles. The van der Waals surface area contributed by atoms with Crippen LogP contribution in [0.3, 0.4) is 0 Å². The number of nitrogens with one attached hydrogen (secondary N) is 2. The van der Waals surface area contributed by atoms with Crippen molar-refractivity contribution >= 4 is 17.6 Å². The van der Waals surface area contributed by atoms with E-state index in [1.165, 1.54) is 11.8 Å². The molecule has 0 unspecified atom stereocenters. The van der Waals surface area contributed by atoms with Crippen molar-refractivity contribution in [1.82, 2.24) is 15.2 Å². The van der Waals surface area contributed by atoms with Gasteiger partial charge in [0.1, 0.15) is 5.03 Å². The Morgan fingerprint density at radius 2 is 2.36 bits per heavy atom. The first-order valence-electron chi connectivity index (χ1n) is 2.96. The quantitative estimate of drug-likeness (QED) is 0.611. The third-order valence-electron chi connectivity index (χ3n) is 1.10. The van der Waals surface area contributed by atoms with Gasteiger partial charge in [0.05, 0.1) is 0 Å². The summed E-state index contributed by atoms with van der Waals surface area (Å²) in [4.78, 5) is 14.3. The summed E-state index contributed by atoms with van der Waals surface area (Å²) in [6, 6.07) is 0. The fourth-order valence-electron chi connectivity index (χ4n) is 0.627. The van der Waals surface area contributed by atoms with Gasteiger partial charge in [0.25, 0.3) is 0 Å². The number of rotatable bonds is 2. The lowest BCUT2D eigenvalue weighted by molar-refractivity contribution is 0.860. The normalized spacial score (nSPS) is 9.64. The molecule has 0 spiro atoms. The minimum absolute atomic E-state index is 0.423. The van der Waals surface area contributed by atoms with Gasteiger partial charge in [-0.25, -0.2) is 9.89 Å². The highest BCUT2D eigenvalue weighted by atomic mass is 32.2.